The molecule has 1 saturated heterocycles. The van der Waals surface area contributed by atoms with E-state index in [0.29, 0.717) is 10.0 Å². The molecule has 0 aliphatic carbocycles. The molecule has 1 unspecified atom stereocenters. The van der Waals surface area contributed by atoms with Crippen LogP contribution in [0.1, 0.15) is 19.8 Å². The molecule has 0 bridgehead atoms. The minimum absolute atomic E-state index is 0.207. The zero-order valence-electron chi connectivity index (χ0n) is 11.6. The fourth-order valence-corrected chi connectivity index (χ4v) is 3.05. The number of nitrogens with two attached hydrogens (primary N) is 1. The normalized spacial score (nSPS) is 18.0. The summed E-state index contributed by atoms with van der Waals surface area (Å²) in [6.07, 6.45) is 5.26. The third-order valence-electron chi connectivity index (χ3n) is 3.59. The number of hydrogen-bond acceptors (Lipinski definition) is 5. The summed E-state index contributed by atoms with van der Waals surface area (Å²) in [7, 11) is 0. The van der Waals surface area contributed by atoms with E-state index in [0.717, 1.165) is 44.8 Å². The van der Waals surface area contributed by atoms with Crippen molar-refractivity contribution in [3.8, 4) is 0 Å². The number of anilines is 1. The van der Waals surface area contributed by atoms with E-state index in [1.54, 1.807) is 6.20 Å². The summed E-state index contributed by atoms with van der Waals surface area (Å²) in [6, 6.07) is 0.207. The highest BCUT2D eigenvalue weighted by Gasteiger charge is 2.26. The average Bonchev–Trinajstić information content (AvgIpc) is 2.45. The van der Waals surface area contributed by atoms with Crippen LogP contribution in [-0.2, 0) is 0 Å². The Kier molecular flexibility index (Phi) is 5.51. The van der Waals surface area contributed by atoms with Crippen molar-refractivity contribution in [3.63, 3.8) is 0 Å². The first kappa shape index (κ1) is 15.4. The second-order valence-electron chi connectivity index (χ2n) is 4.92. The first-order chi connectivity index (χ1) is 9.63. The predicted octanol–water partition coefficient (Wildman–Crippen LogP) is 1.71. The van der Waals surface area contributed by atoms with Gasteiger partial charge in [0.05, 0.1) is 17.2 Å². The number of piperazine rings is 1. The molecular weight excluding hydrogens is 294 g/mol. The maximum atomic E-state index is 6.14. The summed E-state index contributed by atoms with van der Waals surface area (Å²) in [5.74, 6) is 0.809. The van der Waals surface area contributed by atoms with Crippen molar-refractivity contribution in [2.45, 2.75) is 25.8 Å². The Bertz CT molecular complexity index is 462. The molecule has 1 aromatic rings. The third-order valence-corrected chi connectivity index (χ3v) is 4.13. The number of nitrogens with zero attached hydrogens (tertiary/aromatic N) is 4. The maximum absolute atomic E-state index is 6.14. The summed E-state index contributed by atoms with van der Waals surface area (Å²) < 4.78 is 0. The molecular formula is C13H20ClN5S. The van der Waals surface area contributed by atoms with Gasteiger partial charge in [0.2, 0.25) is 0 Å². The molecule has 1 fully saturated rings. The van der Waals surface area contributed by atoms with Gasteiger partial charge in [0.15, 0.2) is 5.82 Å². The van der Waals surface area contributed by atoms with E-state index in [9.17, 15) is 0 Å². The van der Waals surface area contributed by atoms with Gasteiger partial charge in [-0.25, -0.2) is 9.97 Å². The van der Waals surface area contributed by atoms with Gasteiger partial charge >= 0.3 is 0 Å². The molecule has 0 saturated carbocycles. The highest BCUT2D eigenvalue weighted by molar-refractivity contribution is 7.80. The zero-order valence-corrected chi connectivity index (χ0v) is 13.2. The molecule has 5 nitrogen and oxygen atoms in total. The fraction of sp³-hybridized carbons (Fsp3) is 0.615. The number of halogens is 1. The van der Waals surface area contributed by atoms with E-state index in [1.165, 1.54) is 6.33 Å². The van der Waals surface area contributed by atoms with Crippen molar-refractivity contribution < 1.29 is 0 Å². The first-order valence-electron chi connectivity index (χ1n) is 6.87. The van der Waals surface area contributed by atoms with Crippen LogP contribution >= 0.6 is 23.8 Å². The van der Waals surface area contributed by atoms with Gasteiger partial charge in [0.25, 0.3) is 0 Å². The molecule has 0 aromatic carbocycles. The molecule has 1 atom stereocenters. The predicted molar refractivity (Wildman–Crippen MR) is 86.3 cm³/mol. The molecule has 2 heterocycles. The lowest BCUT2D eigenvalue weighted by Crippen LogP contribution is -2.54. The van der Waals surface area contributed by atoms with Crippen LogP contribution < -0.4 is 10.6 Å². The van der Waals surface area contributed by atoms with Crippen molar-refractivity contribution in [2.75, 3.05) is 31.1 Å². The largest absolute Gasteiger partial charge is 0.392 e. The number of aromatic nitrogens is 2. The van der Waals surface area contributed by atoms with E-state index in [4.69, 9.17) is 29.6 Å². The smallest absolute Gasteiger partial charge is 0.150 e. The van der Waals surface area contributed by atoms with Gasteiger partial charge in [0.1, 0.15) is 11.3 Å². The van der Waals surface area contributed by atoms with Crippen LogP contribution in [0.25, 0.3) is 0 Å². The maximum Gasteiger partial charge on any atom is 0.150 e. The molecule has 7 heteroatoms. The molecule has 1 aliphatic heterocycles. The van der Waals surface area contributed by atoms with E-state index in [-0.39, 0.29) is 6.04 Å². The Morgan fingerprint density at radius 3 is 2.70 bits per heavy atom. The van der Waals surface area contributed by atoms with Crippen LogP contribution in [0.5, 0.6) is 0 Å². The summed E-state index contributed by atoms with van der Waals surface area (Å²) in [4.78, 5) is 13.3. The van der Waals surface area contributed by atoms with E-state index < -0.39 is 0 Å². The molecule has 0 radical (unpaired) electrons. The Labute approximate surface area is 130 Å². The number of thiocarbonyl (C=S) groups is 1. The van der Waals surface area contributed by atoms with Crippen LogP contribution in [0, 0.1) is 0 Å². The lowest BCUT2D eigenvalue weighted by molar-refractivity contribution is 0.219. The van der Waals surface area contributed by atoms with Gasteiger partial charge < -0.3 is 10.6 Å². The van der Waals surface area contributed by atoms with Crippen molar-refractivity contribution in [1.82, 2.24) is 14.9 Å². The third kappa shape index (κ3) is 3.56. The van der Waals surface area contributed by atoms with Gasteiger partial charge in [0, 0.05) is 26.2 Å². The monoisotopic (exact) mass is 313 g/mol. The molecule has 2 rings (SSSR count). The van der Waals surface area contributed by atoms with Crippen LogP contribution in [-0.4, -0.2) is 52.1 Å². The quantitative estimate of drug-likeness (QED) is 0.835. The lowest BCUT2D eigenvalue weighted by atomic mass is 10.1. The van der Waals surface area contributed by atoms with Crippen LogP contribution in [0.15, 0.2) is 12.5 Å². The topological polar surface area (TPSA) is 58.3 Å². The van der Waals surface area contributed by atoms with Gasteiger partial charge in [-0.05, 0) is 6.42 Å². The van der Waals surface area contributed by atoms with Crippen molar-refractivity contribution in [2.24, 2.45) is 5.73 Å². The van der Waals surface area contributed by atoms with Crippen LogP contribution in [0.3, 0.4) is 0 Å². The Balaban J connectivity index is 1.98. The average molecular weight is 314 g/mol. The number of rotatable bonds is 5. The van der Waals surface area contributed by atoms with Crippen LogP contribution in [0.2, 0.25) is 5.02 Å². The Hall–Kier alpha value is -0.980. The van der Waals surface area contributed by atoms with Crippen molar-refractivity contribution in [1.29, 1.82) is 0 Å². The lowest BCUT2D eigenvalue weighted by Gasteiger charge is -2.39. The molecule has 110 valence electrons. The molecule has 20 heavy (non-hydrogen) atoms. The summed E-state index contributed by atoms with van der Waals surface area (Å²) in [5, 5.41) is 0.598. The van der Waals surface area contributed by atoms with Gasteiger partial charge in [-0.15, -0.1) is 0 Å². The highest BCUT2D eigenvalue weighted by Crippen LogP contribution is 2.23. The standard InChI is InChI=1S/C13H20ClN5S/c1-2-3-11(12(15)20)18-4-6-19(7-5-18)13-10(14)8-16-9-17-13/h8-9,11H,2-7H2,1H3,(H2,15,20). The molecule has 1 aliphatic rings. The van der Waals surface area contributed by atoms with Crippen molar-refractivity contribution >= 4 is 34.6 Å². The summed E-state index contributed by atoms with van der Waals surface area (Å²) in [5.41, 5.74) is 5.86. The molecule has 0 spiro atoms. The minimum Gasteiger partial charge on any atom is -0.392 e. The van der Waals surface area contributed by atoms with Gasteiger partial charge in [-0.2, -0.15) is 0 Å². The molecule has 1 aromatic heterocycles. The Morgan fingerprint density at radius 1 is 1.45 bits per heavy atom. The zero-order chi connectivity index (χ0) is 14.5. The minimum atomic E-state index is 0.207. The molecule has 0 amide bonds. The summed E-state index contributed by atoms with van der Waals surface area (Å²) >= 11 is 11.3. The fourth-order valence-electron chi connectivity index (χ4n) is 2.56. The number of hydrogen-bond donors (Lipinski definition) is 1. The van der Waals surface area contributed by atoms with E-state index >= 15 is 0 Å². The first-order valence-corrected chi connectivity index (χ1v) is 7.66. The summed E-state index contributed by atoms with van der Waals surface area (Å²) in [6.45, 7) is 5.74. The highest BCUT2D eigenvalue weighted by atomic mass is 35.5. The Morgan fingerprint density at radius 2 is 2.15 bits per heavy atom. The van der Waals surface area contributed by atoms with Gasteiger partial charge in [-0.3, -0.25) is 4.90 Å². The van der Waals surface area contributed by atoms with E-state index in [2.05, 4.69) is 26.7 Å². The van der Waals surface area contributed by atoms with E-state index in [1.807, 2.05) is 0 Å². The second-order valence-corrected chi connectivity index (χ2v) is 5.80. The van der Waals surface area contributed by atoms with Crippen molar-refractivity contribution in [3.05, 3.63) is 17.5 Å². The second kappa shape index (κ2) is 7.15. The molecule has 2 N–H and O–H groups in total. The van der Waals surface area contributed by atoms with Crippen LogP contribution in [0.4, 0.5) is 5.82 Å². The van der Waals surface area contributed by atoms with Gasteiger partial charge in [-0.1, -0.05) is 37.2 Å². The SMILES string of the molecule is CCCC(C(N)=S)N1CCN(c2ncncc2Cl)CC1.